The monoisotopic (exact) mass is 384 g/mol. The number of nitrogens with zero attached hydrogens (tertiary/aromatic N) is 3. The molecule has 2 saturated heterocycles. The molecule has 5 rings (SSSR count). The van der Waals surface area contributed by atoms with Crippen LogP contribution in [0.5, 0.6) is 11.5 Å². The van der Waals surface area contributed by atoms with Gasteiger partial charge in [-0.2, -0.15) is 5.10 Å². The van der Waals surface area contributed by atoms with Crippen LogP contribution in [0.4, 0.5) is 15.8 Å². The second kappa shape index (κ2) is 6.65. The van der Waals surface area contributed by atoms with E-state index in [0.717, 1.165) is 37.1 Å². The largest absolute Gasteiger partial charge is 0.452 e. The number of aromatic nitrogens is 2. The van der Waals surface area contributed by atoms with E-state index in [4.69, 9.17) is 19.9 Å². The molecule has 146 valence electrons. The predicted octanol–water partition coefficient (Wildman–Crippen LogP) is 3.19. The maximum absolute atomic E-state index is 14.2. The molecular formula is C20H21FN4O3. The first kappa shape index (κ1) is 17.3. The molecule has 8 heteroatoms. The number of benzene rings is 1. The molecule has 1 aromatic carbocycles. The van der Waals surface area contributed by atoms with Gasteiger partial charge in [0.15, 0.2) is 23.1 Å². The highest BCUT2D eigenvalue weighted by Gasteiger charge is 2.40. The first-order valence-electron chi connectivity index (χ1n) is 9.35. The lowest BCUT2D eigenvalue weighted by Crippen LogP contribution is -2.45. The summed E-state index contributed by atoms with van der Waals surface area (Å²) >= 11 is 0. The molecule has 4 heterocycles. The minimum absolute atomic E-state index is 0.125. The molecule has 3 aromatic rings. The maximum atomic E-state index is 14.2. The summed E-state index contributed by atoms with van der Waals surface area (Å²) in [6.07, 6.45) is 5.24. The molecule has 0 saturated carbocycles. The van der Waals surface area contributed by atoms with Crippen molar-refractivity contribution in [1.82, 2.24) is 9.61 Å². The molecule has 2 fully saturated rings. The van der Waals surface area contributed by atoms with Gasteiger partial charge in [0.25, 0.3) is 0 Å². The number of ether oxygens (including phenoxy) is 3. The van der Waals surface area contributed by atoms with Gasteiger partial charge in [0.1, 0.15) is 5.52 Å². The predicted molar refractivity (Wildman–Crippen MR) is 102 cm³/mol. The van der Waals surface area contributed by atoms with Crippen molar-refractivity contribution in [1.29, 1.82) is 0 Å². The fourth-order valence-corrected chi connectivity index (χ4v) is 3.85. The average molecular weight is 384 g/mol. The molecule has 0 atom stereocenters. The van der Waals surface area contributed by atoms with Crippen molar-refractivity contribution in [2.24, 2.45) is 0 Å². The summed E-state index contributed by atoms with van der Waals surface area (Å²) in [6.45, 7) is 2.90. The van der Waals surface area contributed by atoms with Crippen molar-refractivity contribution in [3.8, 4) is 11.5 Å². The van der Waals surface area contributed by atoms with Crippen molar-refractivity contribution in [3.63, 3.8) is 0 Å². The number of pyridine rings is 1. The lowest BCUT2D eigenvalue weighted by Gasteiger charge is -2.38. The summed E-state index contributed by atoms with van der Waals surface area (Å²) in [5, 5.41) is 4.33. The summed E-state index contributed by atoms with van der Waals surface area (Å²) in [4.78, 5) is 2.24. The molecule has 7 nitrogen and oxygen atoms in total. The smallest absolute Gasteiger partial charge is 0.171 e. The van der Waals surface area contributed by atoms with Gasteiger partial charge < -0.3 is 24.8 Å². The summed E-state index contributed by atoms with van der Waals surface area (Å²) in [6, 6.07) is 8.14. The lowest BCUT2D eigenvalue weighted by molar-refractivity contribution is -0.169. The molecule has 0 amide bonds. The van der Waals surface area contributed by atoms with Gasteiger partial charge in [-0.25, -0.2) is 8.91 Å². The van der Waals surface area contributed by atoms with E-state index < -0.39 is 11.6 Å². The van der Waals surface area contributed by atoms with Gasteiger partial charge in [0.05, 0.1) is 31.3 Å². The molecule has 1 spiro atoms. The number of hydrogen-bond donors (Lipinski definition) is 1. The van der Waals surface area contributed by atoms with Gasteiger partial charge in [0, 0.05) is 43.8 Å². The Bertz CT molecular complexity index is 1010. The fraction of sp³-hybridized carbons (Fsp3) is 0.350. The lowest BCUT2D eigenvalue weighted by atomic mass is 10.0. The van der Waals surface area contributed by atoms with E-state index in [0.29, 0.717) is 24.7 Å². The molecule has 2 aromatic heterocycles. The Kier molecular flexibility index (Phi) is 4.10. The second-order valence-corrected chi connectivity index (χ2v) is 7.11. The molecule has 2 aliphatic heterocycles. The van der Waals surface area contributed by atoms with Crippen molar-refractivity contribution in [3.05, 3.63) is 48.5 Å². The third kappa shape index (κ3) is 3.04. The van der Waals surface area contributed by atoms with E-state index in [2.05, 4.69) is 10.00 Å². The van der Waals surface area contributed by atoms with Gasteiger partial charge in [0.2, 0.25) is 0 Å². The van der Waals surface area contributed by atoms with Crippen LogP contribution in [0.15, 0.2) is 42.7 Å². The van der Waals surface area contributed by atoms with Crippen LogP contribution >= 0.6 is 0 Å². The highest BCUT2D eigenvalue weighted by Crippen LogP contribution is 2.36. The van der Waals surface area contributed by atoms with Gasteiger partial charge in [-0.05, 0) is 18.2 Å². The van der Waals surface area contributed by atoms with Gasteiger partial charge in [-0.15, -0.1) is 0 Å². The summed E-state index contributed by atoms with van der Waals surface area (Å²) in [7, 11) is 0. The highest BCUT2D eigenvalue weighted by atomic mass is 19.1. The Morgan fingerprint density at radius 1 is 1.07 bits per heavy atom. The van der Waals surface area contributed by atoms with Crippen LogP contribution < -0.4 is 15.4 Å². The van der Waals surface area contributed by atoms with Crippen molar-refractivity contribution in [2.75, 3.05) is 36.9 Å². The quantitative estimate of drug-likeness (QED) is 0.699. The summed E-state index contributed by atoms with van der Waals surface area (Å²) < 4.78 is 33.5. The molecule has 28 heavy (non-hydrogen) atoms. The molecule has 0 radical (unpaired) electrons. The number of fused-ring (bicyclic) bond motifs is 1. The van der Waals surface area contributed by atoms with Crippen LogP contribution in [-0.4, -0.2) is 41.7 Å². The molecule has 0 aliphatic carbocycles. The van der Waals surface area contributed by atoms with E-state index in [-0.39, 0.29) is 5.75 Å². The SMILES string of the molecule is Nc1ccc(Oc2cc(N3CCC4(CC3)OCCO4)cn3nccc23)c(F)c1. The first-order valence-corrected chi connectivity index (χ1v) is 9.35. The number of nitrogen functional groups attached to an aromatic ring is 1. The van der Waals surface area contributed by atoms with E-state index in [1.165, 1.54) is 12.1 Å². The third-order valence-electron chi connectivity index (χ3n) is 5.34. The third-order valence-corrected chi connectivity index (χ3v) is 5.34. The van der Waals surface area contributed by atoms with Crippen LogP contribution in [0.3, 0.4) is 0 Å². The maximum Gasteiger partial charge on any atom is 0.171 e. The van der Waals surface area contributed by atoms with E-state index in [1.807, 2.05) is 18.3 Å². The van der Waals surface area contributed by atoms with Gasteiger partial charge >= 0.3 is 0 Å². The highest BCUT2D eigenvalue weighted by molar-refractivity contribution is 5.66. The Hall–Kier alpha value is -2.84. The minimum Gasteiger partial charge on any atom is -0.452 e. The summed E-state index contributed by atoms with van der Waals surface area (Å²) in [5.41, 5.74) is 7.70. The number of anilines is 2. The van der Waals surface area contributed by atoms with Crippen LogP contribution in [-0.2, 0) is 9.47 Å². The molecule has 0 bridgehead atoms. The van der Waals surface area contributed by atoms with E-state index >= 15 is 0 Å². The minimum atomic E-state index is -0.501. The van der Waals surface area contributed by atoms with Gasteiger partial charge in [-0.1, -0.05) is 0 Å². The number of piperidine rings is 1. The van der Waals surface area contributed by atoms with Crippen molar-refractivity contribution in [2.45, 2.75) is 18.6 Å². The second-order valence-electron chi connectivity index (χ2n) is 7.11. The molecule has 2 N–H and O–H groups in total. The van der Waals surface area contributed by atoms with Crippen LogP contribution in [0.1, 0.15) is 12.8 Å². The summed E-state index contributed by atoms with van der Waals surface area (Å²) in [5.74, 6) is -0.274. The number of hydrogen-bond acceptors (Lipinski definition) is 6. The van der Waals surface area contributed by atoms with Crippen LogP contribution in [0, 0.1) is 5.82 Å². The normalized spacial score (nSPS) is 18.8. The van der Waals surface area contributed by atoms with Crippen molar-refractivity contribution >= 4 is 16.9 Å². The zero-order chi connectivity index (χ0) is 19.1. The van der Waals surface area contributed by atoms with E-state index in [1.54, 1.807) is 16.8 Å². The standard InChI is InChI=1S/C20H21FN4O3/c21-16-11-14(22)1-2-18(16)28-19-12-15(13-25-17(19)3-6-23-25)24-7-4-20(5-8-24)26-9-10-27-20/h1-3,6,11-13H,4-5,7-10,22H2. The zero-order valence-corrected chi connectivity index (χ0v) is 15.3. The van der Waals surface area contributed by atoms with Crippen molar-refractivity contribution < 1.29 is 18.6 Å². The number of nitrogens with two attached hydrogens (primary N) is 1. The Morgan fingerprint density at radius 3 is 2.61 bits per heavy atom. The molecule has 0 unspecified atom stereocenters. The number of halogens is 1. The zero-order valence-electron chi connectivity index (χ0n) is 15.3. The first-order chi connectivity index (χ1) is 13.6. The number of rotatable bonds is 3. The Labute approximate surface area is 161 Å². The molecule has 2 aliphatic rings. The van der Waals surface area contributed by atoms with E-state index in [9.17, 15) is 4.39 Å². The Balaban J connectivity index is 1.44. The van der Waals surface area contributed by atoms with Gasteiger partial charge in [-0.3, -0.25) is 0 Å². The average Bonchev–Trinajstić information content (AvgIpc) is 3.34. The molecular weight excluding hydrogens is 363 g/mol. The Morgan fingerprint density at radius 2 is 1.86 bits per heavy atom. The fourth-order valence-electron chi connectivity index (χ4n) is 3.85. The van der Waals surface area contributed by atoms with Crippen LogP contribution in [0.25, 0.3) is 5.52 Å². The van der Waals surface area contributed by atoms with Crippen LogP contribution in [0.2, 0.25) is 0 Å². The topological polar surface area (TPSA) is 74.2 Å².